The molecule has 1 heterocycles. The van der Waals surface area contributed by atoms with Crippen molar-refractivity contribution < 1.29 is 14.4 Å². The van der Waals surface area contributed by atoms with E-state index in [1.807, 2.05) is 6.26 Å². The summed E-state index contributed by atoms with van der Waals surface area (Å²) in [7, 11) is -4.08. The molecule has 3 N–H and O–H groups in total. The topological polar surface area (TPSA) is 95.3 Å². The van der Waals surface area contributed by atoms with Crippen molar-refractivity contribution in [1.82, 2.24) is 15.3 Å². The monoisotopic (exact) mass is 277 g/mol. The third-order valence-corrected chi connectivity index (χ3v) is 4.13. The standard InChI is InChI=1S/C9H16N3O3PS/c1-3-8(16(13,14)15)10-4-7-5-11-9(17-2)12-6-7/h5-6,8,10H,3-4H2,1-2H3,(H2,13,14,15). The molecule has 0 radical (unpaired) electrons. The van der Waals surface area contributed by atoms with Crippen molar-refractivity contribution in [2.75, 3.05) is 6.26 Å². The molecule has 0 amide bonds. The van der Waals surface area contributed by atoms with Crippen LogP contribution in [0.2, 0.25) is 0 Å². The molecule has 0 aliphatic rings. The number of rotatable bonds is 6. The Bertz CT molecular complexity index is 395. The van der Waals surface area contributed by atoms with Crippen LogP contribution in [0.1, 0.15) is 18.9 Å². The summed E-state index contributed by atoms with van der Waals surface area (Å²) in [5, 5.41) is 3.49. The van der Waals surface area contributed by atoms with Crippen LogP contribution >= 0.6 is 19.4 Å². The first-order valence-electron chi connectivity index (χ1n) is 5.11. The van der Waals surface area contributed by atoms with Crippen molar-refractivity contribution in [1.29, 1.82) is 0 Å². The average molecular weight is 277 g/mol. The van der Waals surface area contributed by atoms with Gasteiger partial charge in [-0.3, -0.25) is 9.88 Å². The maximum absolute atomic E-state index is 11.1. The van der Waals surface area contributed by atoms with Gasteiger partial charge in [-0.1, -0.05) is 18.7 Å². The van der Waals surface area contributed by atoms with Gasteiger partial charge < -0.3 is 9.79 Å². The molecular weight excluding hydrogens is 261 g/mol. The third-order valence-electron chi connectivity index (χ3n) is 2.20. The van der Waals surface area contributed by atoms with Crippen molar-refractivity contribution in [3.63, 3.8) is 0 Å². The second kappa shape index (κ2) is 6.47. The Morgan fingerprint density at radius 3 is 2.47 bits per heavy atom. The summed E-state index contributed by atoms with van der Waals surface area (Å²) in [6, 6.07) is 0. The third kappa shape index (κ3) is 4.73. The van der Waals surface area contributed by atoms with E-state index in [9.17, 15) is 4.57 Å². The summed E-state index contributed by atoms with van der Waals surface area (Å²) >= 11 is 1.44. The molecule has 8 heteroatoms. The van der Waals surface area contributed by atoms with Gasteiger partial charge >= 0.3 is 7.60 Å². The van der Waals surface area contributed by atoms with Gasteiger partial charge in [-0.2, -0.15) is 0 Å². The van der Waals surface area contributed by atoms with E-state index >= 15 is 0 Å². The van der Waals surface area contributed by atoms with Crippen LogP contribution in [0.5, 0.6) is 0 Å². The number of hydrogen-bond acceptors (Lipinski definition) is 5. The Balaban J connectivity index is 2.57. The Kier molecular flexibility index (Phi) is 5.55. The Labute approximate surface area is 104 Å². The summed E-state index contributed by atoms with van der Waals surface area (Å²) in [6.07, 6.45) is 5.55. The van der Waals surface area contributed by atoms with E-state index < -0.39 is 13.4 Å². The highest BCUT2D eigenvalue weighted by Gasteiger charge is 2.26. The first kappa shape index (κ1) is 14.6. The molecule has 0 bridgehead atoms. The van der Waals surface area contributed by atoms with Crippen molar-refractivity contribution >= 4 is 19.4 Å². The molecule has 1 unspecified atom stereocenters. The predicted octanol–water partition coefficient (Wildman–Crippen LogP) is 1.20. The lowest BCUT2D eigenvalue weighted by Gasteiger charge is -2.17. The van der Waals surface area contributed by atoms with E-state index in [-0.39, 0.29) is 0 Å². The first-order chi connectivity index (χ1) is 7.97. The van der Waals surface area contributed by atoms with E-state index in [2.05, 4.69) is 15.3 Å². The molecule has 0 saturated heterocycles. The van der Waals surface area contributed by atoms with Gasteiger partial charge in [-0.15, -0.1) is 0 Å². The lowest BCUT2D eigenvalue weighted by molar-refractivity contribution is 0.343. The number of hydrogen-bond donors (Lipinski definition) is 3. The molecule has 0 aliphatic carbocycles. The number of aromatic nitrogens is 2. The molecule has 1 aromatic heterocycles. The minimum atomic E-state index is -4.08. The normalized spacial score (nSPS) is 13.6. The average Bonchev–Trinajstić information content (AvgIpc) is 2.29. The van der Waals surface area contributed by atoms with E-state index in [4.69, 9.17) is 9.79 Å². The maximum atomic E-state index is 11.1. The summed E-state index contributed by atoms with van der Waals surface area (Å²) in [5.74, 6) is -0.817. The Morgan fingerprint density at radius 2 is 2.06 bits per heavy atom. The van der Waals surface area contributed by atoms with E-state index in [1.165, 1.54) is 11.8 Å². The van der Waals surface area contributed by atoms with E-state index in [0.717, 1.165) is 5.56 Å². The Morgan fingerprint density at radius 1 is 1.47 bits per heavy atom. The molecular formula is C9H16N3O3PS. The van der Waals surface area contributed by atoms with Gasteiger partial charge in [0.2, 0.25) is 0 Å². The number of thioether (sulfide) groups is 1. The van der Waals surface area contributed by atoms with Crippen molar-refractivity contribution in [2.24, 2.45) is 0 Å². The predicted molar refractivity (Wildman–Crippen MR) is 66.8 cm³/mol. The largest absolute Gasteiger partial charge is 0.342 e. The minimum absolute atomic E-state index is 0.346. The molecule has 1 rings (SSSR count). The van der Waals surface area contributed by atoms with Crippen LogP contribution in [-0.4, -0.2) is 31.8 Å². The van der Waals surface area contributed by atoms with Crippen LogP contribution in [0.4, 0.5) is 0 Å². The molecule has 1 aromatic rings. The van der Waals surface area contributed by atoms with Crippen LogP contribution in [0.25, 0.3) is 0 Å². The molecule has 0 aromatic carbocycles. The highest BCUT2D eigenvalue weighted by molar-refractivity contribution is 7.98. The zero-order chi connectivity index (χ0) is 12.9. The van der Waals surface area contributed by atoms with Crippen LogP contribution in [0, 0.1) is 0 Å². The van der Waals surface area contributed by atoms with Crippen LogP contribution < -0.4 is 5.32 Å². The quantitative estimate of drug-likeness (QED) is 0.408. The van der Waals surface area contributed by atoms with Crippen LogP contribution in [0.15, 0.2) is 17.6 Å². The van der Waals surface area contributed by atoms with Gasteiger partial charge in [0.15, 0.2) is 5.16 Å². The summed E-state index contributed by atoms with van der Waals surface area (Å²) in [4.78, 5) is 26.3. The lowest BCUT2D eigenvalue weighted by Crippen LogP contribution is -2.27. The summed E-state index contributed by atoms with van der Waals surface area (Å²) in [6.45, 7) is 2.07. The van der Waals surface area contributed by atoms with Crippen molar-refractivity contribution in [3.05, 3.63) is 18.0 Å². The fourth-order valence-electron chi connectivity index (χ4n) is 1.28. The molecule has 6 nitrogen and oxygen atoms in total. The highest BCUT2D eigenvalue weighted by Crippen LogP contribution is 2.41. The van der Waals surface area contributed by atoms with Crippen molar-refractivity contribution in [2.45, 2.75) is 30.8 Å². The van der Waals surface area contributed by atoms with Gasteiger partial charge in [0.25, 0.3) is 0 Å². The fraction of sp³-hybridized carbons (Fsp3) is 0.556. The zero-order valence-electron chi connectivity index (χ0n) is 9.70. The van der Waals surface area contributed by atoms with Crippen LogP contribution in [0.3, 0.4) is 0 Å². The summed E-state index contributed by atoms with van der Waals surface area (Å²) < 4.78 is 11.1. The van der Waals surface area contributed by atoms with E-state index in [0.29, 0.717) is 18.1 Å². The first-order valence-corrected chi connectivity index (χ1v) is 8.01. The second-order valence-corrected chi connectivity index (χ2v) is 6.05. The molecule has 17 heavy (non-hydrogen) atoms. The van der Waals surface area contributed by atoms with Gasteiger partial charge in [0.05, 0.1) is 0 Å². The number of nitrogens with zero attached hydrogens (tertiary/aromatic N) is 2. The van der Waals surface area contributed by atoms with E-state index in [1.54, 1.807) is 19.3 Å². The maximum Gasteiger partial charge on any atom is 0.342 e. The molecule has 0 fully saturated rings. The molecule has 0 spiro atoms. The SMILES string of the molecule is CCC(NCc1cnc(SC)nc1)P(=O)(O)O. The van der Waals surface area contributed by atoms with Crippen molar-refractivity contribution in [3.8, 4) is 0 Å². The molecule has 1 atom stereocenters. The highest BCUT2D eigenvalue weighted by atomic mass is 32.2. The molecule has 0 aliphatic heterocycles. The van der Waals surface area contributed by atoms with Gasteiger partial charge in [-0.25, -0.2) is 9.97 Å². The lowest BCUT2D eigenvalue weighted by atomic mass is 10.3. The fourth-order valence-corrected chi connectivity index (χ4v) is 2.40. The molecule has 0 saturated carbocycles. The summed E-state index contributed by atoms with van der Waals surface area (Å²) in [5.41, 5.74) is 0.801. The second-order valence-electron chi connectivity index (χ2n) is 3.47. The Hall–Kier alpha value is -0.460. The van der Waals surface area contributed by atoms with Gasteiger partial charge in [0.1, 0.15) is 5.78 Å². The smallest absolute Gasteiger partial charge is 0.323 e. The van der Waals surface area contributed by atoms with Crippen LogP contribution in [-0.2, 0) is 11.1 Å². The minimum Gasteiger partial charge on any atom is -0.323 e. The van der Waals surface area contributed by atoms with Gasteiger partial charge in [-0.05, 0) is 12.7 Å². The molecule has 96 valence electrons. The number of nitrogens with one attached hydrogen (secondary N) is 1. The zero-order valence-corrected chi connectivity index (χ0v) is 11.4. The van der Waals surface area contributed by atoms with Gasteiger partial charge in [0, 0.05) is 24.5 Å².